The molecule has 132 valence electrons. The van der Waals surface area contributed by atoms with E-state index in [1.807, 2.05) is 12.1 Å². The summed E-state index contributed by atoms with van der Waals surface area (Å²) in [6.45, 7) is 0. The van der Waals surface area contributed by atoms with Crippen LogP contribution in [0.2, 0.25) is 0 Å². The van der Waals surface area contributed by atoms with Crippen LogP contribution in [-0.2, 0) is 20.6 Å². The normalized spacial score (nSPS) is 11.5. The van der Waals surface area contributed by atoms with E-state index in [1.165, 1.54) is 6.08 Å². The predicted octanol–water partition coefficient (Wildman–Crippen LogP) is 2.90. The molecule has 0 aliphatic heterocycles. The predicted molar refractivity (Wildman–Crippen MR) is 102 cm³/mol. The number of primary sulfonamides is 1. The summed E-state index contributed by atoms with van der Waals surface area (Å²) < 4.78 is 28.2. The van der Waals surface area contributed by atoms with E-state index in [0.29, 0.717) is 17.0 Å². The standard InChI is InChI=1S/C17H17BrN2O4S/c1-24-16-8-5-14(18)10-13(16)4-9-17(21)20-15-6-2-12(3-7-15)11-25(19,22)23/h2-10H,11H2,1H3,(H,20,21)(H2,19,22,23)/b9-4+. The number of benzene rings is 2. The molecule has 2 aromatic rings. The monoisotopic (exact) mass is 424 g/mol. The first kappa shape index (κ1) is 19.2. The Balaban J connectivity index is 2.04. The number of carbonyl (C=O) groups is 1. The van der Waals surface area contributed by atoms with E-state index in [-0.39, 0.29) is 11.7 Å². The Bertz CT molecular complexity index is 893. The van der Waals surface area contributed by atoms with Gasteiger partial charge < -0.3 is 10.1 Å². The van der Waals surface area contributed by atoms with Gasteiger partial charge in [0.1, 0.15) is 5.75 Å². The molecule has 0 aliphatic carbocycles. The summed E-state index contributed by atoms with van der Waals surface area (Å²) in [5.74, 6) is 0.0879. The maximum Gasteiger partial charge on any atom is 0.248 e. The number of ether oxygens (including phenoxy) is 1. The van der Waals surface area contributed by atoms with Crippen molar-refractivity contribution in [3.8, 4) is 5.75 Å². The van der Waals surface area contributed by atoms with Gasteiger partial charge in [0.15, 0.2) is 0 Å². The third-order valence-corrected chi connectivity index (χ3v) is 4.42. The summed E-state index contributed by atoms with van der Waals surface area (Å²) in [5, 5.41) is 7.69. The van der Waals surface area contributed by atoms with Crippen molar-refractivity contribution < 1.29 is 17.9 Å². The molecule has 25 heavy (non-hydrogen) atoms. The van der Waals surface area contributed by atoms with Gasteiger partial charge in [0.25, 0.3) is 0 Å². The molecule has 1 amide bonds. The molecule has 2 rings (SSSR count). The van der Waals surface area contributed by atoms with E-state index >= 15 is 0 Å². The van der Waals surface area contributed by atoms with Gasteiger partial charge in [-0.2, -0.15) is 0 Å². The summed E-state index contributed by atoms with van der Waals surface area (Å²) in [5.41, 5.74) is 1.86. The lowest BCUT2D eigenvalue weighted by Crippen LogP contribution is -2.14. The molecule has 0 bridgehead atoms. The van der Waals surface area contributed by atoms with Crippen LogP contribution in [0.3, 0.4) is 0 Å². The van der Waals surface area contributed by atoms with Crippen LogP contribution in [0.25, 0.3) is 6.08 Å². The third kappa shape index (κ3) is 6.33. The van der Waals surface area contributed by atoms with Crippen LogP contribution in [0.4, 0.5) is 5.69 Å². The summed E-state index contributed by atoms with van der Waals surface area (Å²) in [6, 6.07) is 11.9. The zero-order valence-electron chi connectivity index (χ0n) is 13.4. The van der Waals surface area contributed by atoms with E-state index in [2.05, 4.69) is 21.2 Å². The van der Waals surface area contributed by atoms with Crippen molar-refractivity contribution in [2.75, 3.05) is 12.4 Å². The van der Waals surface area contributed by atoms with Crippen LogP contribution in [-0.4, -0.2) is 21.4 Å². The summed E-state index contributed by atoms with van der Waals surface area (Å²) in [6.07, 6.45) is 3.04. The molecule has 8 heteroatoms. The topological polar surface area (TPSA) is 98.5 Å². The molecular weight excluding hydrogens is 408 g/mol. The molecule has 0 aromatic heterocycles. The fourth-order valence-electron chi connectivity index (χ4n) is 2.10. The van der Waals surface area contributed by atoms with Crippen molar-refractivity contribution >= 4 is 43.6 Å². The zero-order valence-corrected chi connectivity index (χ0v) is 15.8. The first-order valence-electron chi connectivity index (χ1n) is 7.19. The second-order valence-corrected chi connectivity index (χ2v) is 7.74. The van der Waals surface area contributed by atoms with Gasteiger partial charge in [-0.15, -0.1) is 0 Å². The Morgan fingerprint density at radius 3 is 2.52 bits per heavy atom. The quantitative estimate of drug-likeness (QED) is 0.696. The Labute approximate surface area is 154 Å². The highest BCUT2D eigenvalue weighted by Gasteiger charge is 2.06. The Morgan fingerprint density at radius 1 is 1.24 bits per heavy atom. The first-order chi connectivity index (χ1) is 11.8. The molecule has 0 fully saturated rings. The molecule has 6 nitrogen and oxygen atoms in total. The Hall–Kier alpha value is -2.16. The number of methoxy groups -OCH3 is 1. The number of nitrogens with two attached hydrogens (primary N) is 1. The number of hydrogen-bond donors (Lipinski definition) is 2. The van der Waals surface area contributed by atoms with Crippen LogP contribution in [0.5, 0.6) is 5.75 Å². The van der Waals surface area contributed by atoms with Crippen molar-refractivity contribution in [3.63, 3.8) is 0 Å². The fraction of sp³-hybridized carbons (Fsp3) is 0.118. The van der Waals surface area contributed by atoms with E-state index in [4.69, 9.17) is 9.88 Å². The number of halogens is 1. The number of nitrogens with one attached hydrogen (secondary N) is 1. The van der Waals surface area contributed by atoms with E-state index in [9.17, 15) is 13.2 Å². The maximum atomic E-state index is 12.0. The van der Waals surface area contributed by atoms with Crippen LogP contribution in [0, 0.1) is 0 Å². The third-order valence-electron chi connectivity index (χ3n) is 3.20. The van der Waals surface area contributed by atoms with Crippen LogP contribution in [0.1, 0.15) is 11.1 Å². The van der Waals surface area contributed by atoms with Gasteiger partial charge in [0, 0.05) is 21.8 Å². The minimum absolute atomic E-state index is 0.246. The lowest BCUT2D eigenvalue weighted by Gasteiger charge is -2.06. The number of sulfonamides is 1. The highest BCUT2D eigenvalue weighted by atomic mass is 79.9. The molecule has 0 radical (unpaired) electrons. The van der Waals surface area contributed by atoms with Gasteiger partial charge in [-0.3, -0.25) is 4.79 Å². The van der Waals surface area contributed by atoms with Crippen LogP contribution < -0.4 is 15.2 Å². The SMILES string of the molecule is COc1ccc(Br)cc1/C=C/C(=O)Nc1ccc(CS(N)(=O)=O)cc1. The van der Waals surface area contributed by atoms with Crippen molar-refractivity contribution in [2.24, 2.45) is 5.14 Å². The molecule has 2 aromatic carbocycles. The van der Waals surface area contributed by atoms with Gasteiger partial charge in [-0.1, -0.05) is 28.1 Å². The van der Waals surface area contributed by atoms with E-state index < -0.39 is 10.0 Å². The maximum absolute atomic E-state index is 12.0. The second kappa shape index (κ2) is 8.28. The minimum atomic E-state index is -3.58. The van der Waals surface area contributed by atoms with Crippen molar-refractivity contribution in [3.05, 3.63) is 64.1 Å². The molecule has 0 unspecified atom stereocenters. The van der Waals surface area contributed by atoms with E-state index in [0.717, 1.165) is 10.0 Å². The Morgan fingerprint density at radius 2 is 1.92 bits per heavy atom. The average molecular weight is 425 g/mol. The van der Waals surface area contributed by atoms with Gasteiger partial charge >= 0.3 is 0 Å². The Kier molecular flexibility index (Phi) is 6.35. The molecule has 3 N–H and O–H groups in total. The van der Waals surface area contributed by atoms with Crippen molar-refractivity contribution in [1.29, 1.82) is 0 Å². The first-order valence-corrected chi connectivity index (χ1v) is 9.70. The van der Waals surface area contributed by atoms with Crippen molar-refractivity contribution in [1.82, 2.24) is 0 Å². The number of hydrogen-bond acceptors (Lipinski definition) is 4. The summed E-state index contributed by atoms with van der Waals surface area (Å²) in [7, 11) is -2.02. The average Bonchev–Trinajstić information content (AvgIpc) is 2.53. The smallest absolute Gasteiger partial charge is 0.248 e. The van der Waals surface area contributed by atoms with Gasteiger partial charge in [-0.25, -0.2) is 13.6 Å². The lowest BCUT2D eigenvalue weighted by atomic mass is 10.2. The number of rotatable bonds is 6. The van der Waals surface area contributed by atoms with Gasteiger partial charge in [0.2, 0.25) is 15.9 Å². The highest BCUT2D eigenvalue weighted by molar-refractivity contribution is 9.10. The fourth-order valence-corrected chi connectivity index (χ4v) is 3.14. The molecule has 0 saturated heterocycles. The number of carbonyl (C=O) groups excluding carboxylic acids is 1. The number of anilines is 1. The largest absolute Gasteiger partial charge is 0.496 e. The zero-order chi connectivity index (χ0) is 18.4. The summed E-state index contributed by atoms with van der Waals surface area (Å²) >= 11 is 3.37. The molecule has 0 aliphatic rings. The molecule has 0 heterocycles. The summed E-state index contributed by atoms with van der Waals surface area (Å²) in [4.78, 5) is 12.0. The number of amides is 1. The molecule has 0 spiro atoms. The lowest BCUT2D eigenvalue weighted by molar-refractivity contribution is -0.111. The van der Waals surface area contributed by atoms with Gasteiger partial charge in [0.05, 0.1) is 12.9 Å². The minimum Gasteiger partial charge on any atom is -0.496 e. The molecule has 0 saturated carbocycles. The van der Waals surface area contributed by atoms with Crippen LogP contribution >= 0.6 is 15.9 Å². The van der Waals surface area contributed by atoms with Crippen LogP contribution in [0.15, 0.2) is 53.0 Å². The van der Waals surface area contributed by atoms with E-state index in [1.54, 1.807) is 43.5 Å². The van der Waals surface area contributed by atoms with Crippen molar-refractivity contribution in [2.45, 2.75) is 5.75 Å². The highest BCUT2D eigenvalue weighted by Crippen LogP contribution is 2.24. The second-order valence-electron chi connectivity index (χ2n) is 5.21. The van der Waals surface area contributed by atoms with Gasteiger partial charge in [-0.05, 0) is 42.0 Å². The molecular formula is C17H17BrN2O4S. The molecule has 0 atom stereocenters.